The van der Waals surface area contributed by atoms with Crippen LogP contribution in [0.15, 0.2) is 12.1 Å². The van der Waals surface area contributed by atoms with E-state index in [9.17, 15) is 14.3 Å². The van der Waals surface area contributed by atoms with E-state index in [1.165, 1.54) is 19.2 Å². The molecule has 0 heterocycles. The van der Waals surface area contributed by atoms with Crippen molar-refractivity contribution in [2.75, 3.05) is 7.11 Å². The number of benzene rings is 1. The Morgan fingerprint density at radius 1 is 1.44 bits per heavy atom. The summed E-state index contributed by atoms with van der Waals surface area (Å²) in [5.41, 5.74) is -0.846. The molecule has 0 amide bonds. The first kappa shape index (κ1) is 13.1. The highest BCUT2D eigenvalue weighted by molar-refractivity contribution is 6.32. The molecule has 0 bridgehead atoms. The predicted molar refractivity (Wildman–Crippen MR) is 65.7 cm³/mol. The summed E-state index contributed by atoms with van der Waals surface area (Å²) in [6, 6.07) is 2.58. The number of hydrogen-bond donors (Lipinski definition) is 1. The summed E-state index contributed by atoms with van der Waals surface area (Å²) in [5.74, 6) is -1.60. The Kier molecular flexibility index (Phi) is 3.48. The van der Waals surface area contributed by atoms with Gasteiger partial charge in [0, 0.05) is 10.6 Å². The van der Waals surface area contributed by atoms with Gasteiger partial charge in [0.25, 0.3) is 0 Å². The van der Waals surface area contributed by atoms with Crippen LogP contribution in [-0.2, 0) is 10.2 Å². The van der Waals surface area contributed by atoms with Gasteiger partial charge in [0.15, 0.2) is 11.6 Å². The van der Waals surface area contributed by atoms with Gasteiger partial charge in [0.2, 0.25) is 0 Å². The number of hydrogen-bond acceptors (Lipinski definition) is 2. The molecule has 0 aliphatic heterocycles. The molecular formula is C13H14ClFO3. The smallest absolute Gasteiger partial charge is 0.314 e. The van der Waals surface area contributed by atoms with E-state index in [0.717, 1.165) is 12.8 Å². The minimum Gasteiger partial charge on any atom is -0.493 e. The molecule has 1 aromatic carbocycles. The molecule has 18 heavy (non-hydrogen) atoms. The van der Waals surface area contributed by atoms with Crippen LogP contribution in [0, 0.1) is 5.82 Å². The highest BCUT2D eigenvalue weighted by Gasteiger charge is 2.46. The number of halogens is 2. The highest BCUT2D eigenvalue weighted by atomic mass is 35.5. The summed E-state index contributed by atoms with van der Waals surface area (Å²) in [6.45, 7) is 0. The molecule has 0 spiro atoms. The van der Waals surface area contributed by atoms with Crippen LogP contribution in [0.25, 0.3) is 0 Å². The van der Waals surface area contributed by atoms with Gasteiger partial charge in [-0.1, -0.05) is 24.4 Å². The topological polar surface area (TPSA) is 46.5 Å². The molecule has 0 saturated heterocycles. The summed E-state index contributed by atoms with van der Waals surface area (Å²) in [7, 11) is 1.32. The molecule has 98 valence electrons. The summed E-state index contributed by atoms with van der Waals surface area (Å²) in [5, 5.41) is 9.76. The number of aliphatic carboxylic acids is 1. The minimum atomic E-state index is -1.12. The van der Waals surface area contributed by atoms with E-state index >= 15 is 0 Å². The molecule has 1 aliphatic carbocycles. The van der Waals surface area contributed by atoms with Gasteiger partial charge in [-0.15, -0.1) is 0 Å². The standard InChI is InChI=1S/C13H14ClFO3/c1-18-11-9(15)5-4-8(14)10(11)13(12(16)17)6-2-3-7-13/h4-5H,2-3,6-7H2,1H3,(H,16,17). The lowest BCUT2D eigenvalue weighted by Gasteiger charge is -2.27. The van der Waals surface area contributed by atoms with Crippen molar-refractivity contribution in [2.24, 2.45) is 0 Å². The molecule has 1 saturated carbocycles. The van der Waals surface area contributed by atoms with Gasteiger partial charge < -0.3 is 9.84 Å². The molecule has 0 radical (unpaired) electrons. The normalized spacial score (nSPS) is 17.7. The molecule has 0 atom stereocenters. The van der Waals surface area contributed by atoms with Gasteiger partial charge in [0.1, 0.15) is 0 Å². The van der Waals surface area contributed by atoms with Crippen LogP contribution in [0.4, 0.5) is 4.39 Å². The van der Waals surface area contributed by atoms with Crippen molar-refractivity contribution >= 4 is 17.6 Å². The second kappa shape index (κ2) is 4.76. The third-order valence-corrected chi connectivity index (χ3v) is 3.92. The Labute approximate surface area is 110 Å². The zero-order valence-electron chi connectivity index (χ0n) is 10.0. The quantitative estimate of drug-likeness (QED) is 0.917. The van der Waals surface area contributed by atoms with Crippen molar-refractivity contribution in [2.45, 2.75) is 31.1 Å². The molecule has 5 heteroatoms. The van der Waals surface area contributed by atoms with Gasteiger partial charge in [0.05, 0.1) is 12.5 Å². The molecule has 0 aromatic heterocycles. The second-order valence-corrected chi connectivity index (χ2v) is 4.94. The largest absolute Gasteiger partial charge is 0.493 e. The van der Waals surface area contributed by atoms with E-state index in [1.54, 1.807) is 0 Å². The maximum absolute atomic E-state index is 13.7. The first-order valence-corrected chi connectivity index (χ1v) is 6.16. The number of rotatable bonds is 3. The third kappa shape index (κ3) is 1.85. The van der Waals surface area contributed by atoms with Gasteiger partial charge in [-0.2, -0.15) is 0 Å². The number of carbonyl (C=O) groups is 1. The fraction of sp³-hybridized carbons (Fsp3) is 0.462. The van der Waals surface area contributed by atoms with E-state index in [4.69, 9.17) is 16.3 Å². The van der Waals surface area contributed by atoms with Crippen LogP contribution in [0.1, 0.15) is 31.2 Å². The molecule has 1 aliphatic rings. The fourth-order valence-electron chi connectivity index (χ4n) is 2.73. The fourth-order valence-corrected chi connectivity index (χ4v) is 3.06. The first-order chi connectivity index (χ1) is 8.53. The number of carboxylic acids is 1. The Bertz CT molecular complexity index is 481. The van der Waals surface area contributed by atoms with Crippen LogP contribution in [0.2, 0.25) is 5.02 Å². The van der Waals surface area contributed by atoms with E-state index in [0.29, 0.717) is 12.8 Å². The van der Waals surface area contributed by atoms with Crippen molar-refractivity contribution in [3.05, 3.63) is 28.5 Å². The molecule has 2 rings (SSSR count). The van der Waals surface area contributed by atoms with E-state index in [-0.39, 0.29) is 16.3 Å². The Morgan fingerprint density at radius 3 is 2.56 bits per heavy atom. The summed E-state index contributed by atoms with van der Waals surface area (Å²) in [4.78, 5) is 11.6. The molecule has 3 nitrogen and oxygen atoms in total. The second-order valence-electron chi connectivity index (χ2n) is 4.53. The zero-order chi connectivity index (χ0) is 13.3. The maximum Gasteiger partial charge on any atom is 0.314 e. The Hall–Kier alpha value is -1.29. The highest BCUT2D eigenvalue weighted by Crippen LogP contribution is 2.48. The first-order valence-electron chi connectivity index (χ1n) is 5.79. The van der Waals surface area contributed by atoms with Gasteiger partial charge in [-0.3, -0.25) is 4.79 Å². The van der Waals surface area contributed by atoms with Crippen LogP contribution in [-0.4, -0.2) is 18.2 Å². The average Bonchev–Trinajstić information content (AvgIpc) is 2.82. The van der Waals surface area contributed by atoms with Gasteiger partial charge >= 0.3 is 5.97 Å². The van der Waals surface area contributed by atoms with Crippen molar-refractivity contribution < 1.29 is 19.0 Å². The van der Waals surface area contributed by atoms with Crippen LogP contribution < -0.4 is 4.74 Å². The lowest BCUT2D eigenvalue weighted by atomic mass is 9.78. The third-order valence-electron chi connectivity index (χ3n) is 3.61. The molecule has 0 unspecified atom stereocenters. The zero-order valence-corrected chi connectivity index (χ0v) is 10.8. The van der Waals surface area contributed by atoms with Gasteiger partial charge in [-0.25, -0.2) is 4.39 Å². The van der Waals surface area contributed by atoms with Crippen LogP contribution in [0.3, 0.4) is 0 Å². The number of methoxy groups -OCH3 is 1. The summed E-state index contributed by atoms with van der Waals surface area (Å²) < 4.78 is 18.8. The van der Waals surface area contributed by atoms with Crippen molar-refractivity contribution in [3.63, 3.8) is 0 Å². The summed E-state index contributed by atoms with van der Waals surface area (Å²) in [6.07, 6.45) is 2.51. The van der Waals surface area contributed by atoms with E-state index < -0.39 is 17.2 Å². The molecule has 1 N–H and O–H groups in total. The minimum absolute atomic E-state index is 0.0493. The molecule has 1 aromatic rings. The van der Waals surface area contributed by atoms with E-state index in [2.05, 4.69) is 0 Å². The molecule has 1 fully saturated rings. The van der Waals surface area contributed by atoms with Crippen molar-refractivity contribution in [3.8, 4) is 5.75 Å². The monoisotopic (exact) mass is 272 g/mol. The van der Waals surface area contributed by atoms with Crippen molar-refractivity contribution in [1.82, 2.24) is 0 Å². The SMILES string of the molecule is COc1c(F)ccc(Cl)c1C1(C(=O)O)CCCC1. The number of ether oxygens (including phenoxy) is 1. The molecular weight excluding hydrogens is 259 g/mol. The van der Waals surface area contributed by atoms with Crippen LogP contribution >= 0.6 is 11.6 Å². The lowest BCUT2D eigenvalue weighted by molar-refractivity contribution is -0.143. The lowest BCUT2D eigenvalue weighted by Crippen LogP contribution is -2.33. The Morgan fingerprint density at radius 2 is 2.06 bits per heavy atom. The number of carboxylic acid groups (broad SMARTS) is 1. The maximum atomic E-state index is 13.7. The van der Waals surface area contributed by atoms with Crippen molar-refractivity contribution in [1.29, 1.82) is 0 Å². The predicted octanol–water partition coefficient (Wildman–Crippen LogP) is 3.38. The van der Waals surface area contributed by atoms with Gasteiger partial charge in [-0.05, 0) is 25.0 Å². The summed E-state index contributed by atoms with van der Waals surface area (Å²) >= 11 is 6.08. The van der Waals surface area contributed by atoms with E-state index in [1.807, 2.05) is 0 Å². The Balaban J connectivity index is 2.68. The van der Waals surface area contributed by atoms with Crippen LogP contribution in [0.5, 0.6) is 5.75 Å². The average molecular weight is 273 g/mol.